The number of allylic oxidation sites excluding steroid dienone is 2. The largest absolute Gasteiger partial charge is 0.386 e. The molecule has 0 radical (unpaired) electrons. The fourth-order valence-corrected chi connectivity index (χ4v) is 4.13. The number of halogens is 1. The lowest BCUT2D eigenvalue weighted by Crippen LogP contribution is -2.38. The summed E-state index contributed by atoms with van der Waals surface area (Å²) < 4.78 is 14.6. The molecule has 2 aliphatic heterocycles. The summed E-state index contributed by atoms with van der Waals surface area (Å²) in [5.74, 6) is 0.651. The van der Waals surface area contributed by atoms with Gasteiger partial charge in [0.05, 0.1) is 5.82 Å². The summed E-state index contributed by atoms with van der Waals surface area (Å²) in [6, 6.07) is 14.2. The summed E-state index contributed by atoms with van der Waals surface area (Å²) in [5, 5.41) is 3.17. The zero-order valence-corrected chi connectivity index (χ0v) is 16.4. The summed E-state index contributed by atoms with van der Waals surface area (Å²) in [4.78, 5) is 14.7. The molecule has 0 aromatic heterocycles. The van der Waals surface area contributed by atoms with Crippen molar-refractivity contribution in [1.29, 1.82) is 0 Å². The molecule has 0 atom stereocenters. The van der Waals surface area contributed by atoms with Crippen LogP contribution in [-0.4, -0.2) is 30.4 Å². The first-order valence-electron chi connectivity index (χ1n) is 10.2. The van der Waals surface area contributed by atoms with E-state index in [0.717, 1.165) is 31.4 Å². The molecule has 1 saturated heterocycles. The Bertz CT molecular complexity index is 944. The van der Waals surface area contributed by atoms with E-state index in [9.17, 15) is 9.18 Å². The number of nitrogens with two attached hydrogens (primary N) is 1. The van der Waals surface area contributed by atoms with Gasteiger partial charge in [0.2, 0.25) is 0 Å². The SMILES string of the molecule is NC1=CC(C2CCN(C(=O)c3ccc(-c4ccccc4)c(F)c3)CC2)=CCCN1. The summed E-state index contributed by atoms with van der Waals surface area (Å²) in [6.45, 7) is 2.20. The molecule has 1 amide bonds. The van der Waals surface area contributed by atoms with Gasteiger partial charge in [0, 0.05) is 30.8 Å². The molecule has 3 N–H and O–H groups in total. The molecule has 4 rings (SSSR count). The van der Waals surface area contributed by atoms with Crippen molar-refractivity contribution in [2.45, 2.75) is 19.3 Å². The van der Waals surface area contributed by atoms with E-state index in [1.54, 1.807) is 12.1 Å². The van der Waals surface area contributed by atoms with Crippen molar-refractivity contribution in [1.82, 2.24) is 10.2 Å². The van der Waals surface area contributed by atoms with Crippen molar-refractivity contribution >= 4 is 5.91 Å². The third-order valence-corrected chi connectivity index (χ3v) is 5.73. The molecule has 1 fully saturated rings. The maximum absolute atomic E-state index is 14.6. The van der Waals surface area contributed by atoms with Gasteiger partial charge >= 0.3 is 0 Å². The van der Waals surface area contributed by atoms with E-state index in [-0.39, 0.29) is 11.7 Å². The average Bonchev–Trinajstić information content (AvgIpc) is 2.98. The van der Waals surface area contributed by atoms with Crippen molar-refractivity contribution in [3.63, 3.8) is 0 Å². The van der Waals surface area contributed by atoms with Crippen LogP contribution >= 0.6 is 0 Å². The number of benzene rings is 2. The fraction of sp³-hybridized carbons (Fsp3) is 0.292. The Kier molecular flexibility index (Phi) is 5.65. The molecule has 29 heavy (non-hydrogen) atoms. The lowest BCUT2D eigenvalue weighted by molar-refractivity contribution is 0.0702. The van der Waals surface area contributed by atoms with Crippen molar-refractivity contribution in [2.75, 3.05) is 19.6 Å². The lowest BCUT2D eigenvalue weighted by atomic mass is 9.88. The Morgan fingerprint density at radius 2 is 1.86 bits per heavy atom. The van der Waals surface area contributed by atoms with Crippen LogP contribution in [0, 0.1) is 11.7 Å². The molecule has 2 aliphatic rings. The van der Waals surface area contributed by atoms with Crippen LogP contribution < -0.4 is 11.1 Å². The third kappa shape index (κ3) is 4.34. The van der Waals surface area contributed by atoms with Gasteiger partial charge in [-0.1, -0.05) is 42.5 Å². The molecule has 0 saturated carbocycles. The van der Waals surface area contributed by atoms with Crippen molar-refractivity contribution < 1.29 is 9.18 Å². The maximum Gasteiger partial charge on any atom is 0.253 e. The highest BCUT2D eigenvalue weighted by Gasteiger charge is 2.26. The molecule has 0 unspecified atom stereocenters. The number of carbonyl (C=O) groups excluding carboxylic acids is 1. The summed E-state index contributed by atoms with van der Waals surface area (Å²) >= 11 is 0. The molecule has 150 valence electrons. The number of nitrogens with one attached hydrogen (secondary N) is 1. The zero-order valence-electron chi connectivity index (χ0n) is 16.4. The monoisotopic (exact) mass is 391 g/mol. The van der Waals surface area contributed by atoms with Crippen LogP contribution in [0.5, 0.6) is 0 Å². The topological polar surface area (TPSA) is 58.4 Å². The fourth-order valence-electron chi connectivity index (χ4n) is 4.13. The number of hydrogen-bond donors (Lipinski definition) is 2. The second kappa shape index (κ2) is 8.52. The summed E-state index contributed by atoms with van der Waals surface area (Å²) in [6.07, 6.45) is 7.01. The Morgan fingerprint density at radius 3 is 2.59 bits per heavy atom. The van der Waals surface area contributed by atoms with Crippen LogP contribution in [0.4, 0.5) is 4.39 Å². The highest BCUT2D eigenvalue weighted by Crippen LogP contribution is 2.29. The number of nitrogens with zero attached hydrogens (tertiary/aromatic N) is 1. The standard InChI is InChI=1S/C24H26FN3O/c25-22-15-20(8-9-21(22)18-5-2-1-3-6-18)24(29)28-13-10-17(11-14-28)19-7-4-12-27-23(26)16-19/h1-3,5-9,15-17,27H,4,10-14,26H2. The number of amides is 1. The molecule has 2 heterocycles. The van der Waals surface area contributed by atoms with Crippen molar-refractivity contribution in [2.24, 2.45) is 11.7 Å². The van der Waals surface area contributed by atoms with Crippen LogP contribution in [-0.2, 0) is 0 Å². The molecule has 2 aromatic rings. The molecular weight excluding hydrogens is 365 g/mol. The first kappa shape index (κ1) is 19.2. The first-order valence-corrected chi connectivity index (χ1v) is 10.2. The molecular formula is C24H26FN3O. The van der Waals surface area contributed by atoms with Gasteiger partial charge in [-0.2, -0.15) is 0 Å². The van der Waals surface area contributed by atoms with Crippen LogP contribution in [0.15, 0.2) is 72.1 Å². The molecule has 0 spiro atoms. The molecule has 4 nitrogen and oxygen atoms in total. The minimum absolute atomic E-state index is 0.103. The number of likely N-dealkylation sites (tertiary alicyclic amines) is 1. The Labute approximate surface area is 170 Å². The number of carbonyl (C=O) groups is 1. The van der Waals surface area contributed by atoms with Crippen molar-refractivity contribution in [3.05, 3.63) is 83.5 Å². The molecule has 0 bridgehead atoms. The van der Waals surface area contributed by atoms with Gasteiger partial charge in [0.1, 0.15) is 5.82 Å². The van der Waals surface area contributed by atoms with Gasteiger partial charge in [-0.25, -0.2) is 4.39 Å². The van der Waals surface area contributed by atoms with E-state index in [1.807, 2.05) is 41.3 Å². The predicted octanol–water partition coefficient (Wildman–Crippen LogP) is 4.06. The lowest BCUT2D eigenvalue weighted by Gasteiger charge is -2.32. The number of hydrogen-bond acceptors (Lipinski definition) is 3. The van der Waals surface area contributed by atoms with E-state index in [4.69, 9.17) is 5.73 Å². The minimum atomic E-state index is -0.367. The Morgan fingerprint density at radius 1 is 1.10 bits per heavy atom. The molecule has 0 aliphatic carbocycles. The average molecular weight is 391 g/mol. The van der Waals surface area contributed by atoms with E-state index in [1.165, 1.54) is 11.6 Å². The second-order valence-corrected chi connectivity index (χ2v) is 7.65. The van der Waals surface area contributed by atoms with Gasteiger partial charge in [-0.3, -0.25) is 4.79 Å². The van der Waals surface area contributed by atoms with Gasteiger partial charge in [0.25, 0.3) is 5.91 Å². The number of rotatable bonds is 3. The van der Waals surface area contributed by atoms with Crippen LogP contribution in [0.25, 0.3) is 11.1 Å². The van der Waals surface area contributed by atoms with Gasteiger partial charge < -0.3 is 16.0 Å². The van der Waals surface area contributed by atoms with E-state index in [0.29, 0.717) is 36.0 Å². The second-order valence-electron chi connectivity index (χ2n) is 7.65. The number of piperidine rings is 1. The van der Waals surface area contributed by atoms with Gasteiger partial charge in [-0.15, -0.1) is 0 Å². The predicted molar refractivity (Wildman–Crippen MR) is 113 cm³/mol. The van der Waals surface area contributed by atoms with Gasteiger partial charge in [0.15, 0.2) is 0 Å². The van der Waals surface area contributed by atoms with Crippen LogP contribution in [0.3, 0.4) is 0 Å². The molecule has 2 aromatic carbocycles. The zero-order chi connectivity index (χ0) is 20.2. The summed E-state index contributed by atoms with van der Waals surface area (Å²) in [5.41, 5.74) is 8.95. The highest BCUT2D eigenvalue weighted by molar-refractivity contribution is 5.94. The normalized spacial score (nSPS) is 17.8. The van der Waals surface area contributed by atoms with E-state index < -0.39 is 0 Å². The third-order valence-electron chi connectivity index (χ3n) is 5.73. The van der Waals surface area contributed by atoms with E-state index >= 15 is 0 Å². The first-order chi connectivity index (χ1) is 14.1. The minimum Gasteiger partial charge on any atom is -0.386 e. The summed E-state index contributed by atoms with van der Waals surface area (Å²) in [7, 11) is 0. The molecule has 5 heteroatoms. The Hall–Kier alpha value is -3.08. The van der Waals surface area contributed by atoms with E-state index in [2.05, 4.69) is 11.4 Å². The van der Waals surface area contributed by atoms with Crippen molar-refractivity contribution in [3.8, 4) is 11.1 Å². The van der Waals surface area contributed by atoms with Gasteiger partial charge in [-0.05, 0) is 54.5 Å². The highest BCUT2D eigenvalue weighted by atomic mass is 19.1. The smallest absolute Gasteiger partial charge is 0.253 e. The quantitative estimate of drug-likeness (QED) is 0.829. The van der Waals surface area contributed by atoms with Crippen LogP contribution in [0.2, 0.25) is 0 Å². The maximum atomic E-state index is 14.6. The Balaban J connectivity index is 1.43. The van der Waals surface area contributed by atoms with Crippen LogP contribution in [0.1, 0.15) is 29.6 Å².